The van der Waals surface area contributed by atoms with Gasteiger partial charge in [-0.15, -0.1) is 0 Å². The molecule has 24 heavy (non-hydrogen) atoms. The summed E-state index contributed by atoms with van der Waals surface area (Å²) >= 11 is 0. The Bertz CT molecular complexity index is 598. The van der Waals surface area contributed by atoms with Gasteiger partial charge in [0.05, 0.1) is 31.2 Å². The van der Waals surface area contributed by atoms with Crippen LogP contribution in [0.5, 0.6) is 0 Å². The molecule has 0 saturated carbocycles. The SMILES string of the molecule is O=C(Cc1ccccc1CO)N[C@H]1CCC(=O)N[C@@H]1C1CCCO1. The highest BCUT2D eigenvalue weighted by molar-refractivity contribution is 5.81. The van der Waals surface area contributed by atoms with Crippen molar-refractivity contribution < 1.29 is 19.4 Å². The monoisotopic (exact) mass is 332 g/mol. The average molecular weight is 332 g/mol. The third kappa shape index (κ3) is 3.94. The smallest absolute Gasteiger partial charge is 0.224 e. The first-order valence-corrected chi connectivity index (χ1v) is 8.55. The molecule has 0 bridgehead atoms. The van der Waals surface area contributed by atoms with Gasteiger partial charge in [-0.25, -0.2) is 0 Å². The normalized spacial score (nSPS) is 26.9. The number of ether oxygens (including phenoxy) is 1. The summed E-state index contributed by atoms with van der Waals surface area (Å²) < 4.78 is 5.71. The highest BCUT2D eigenvalue weighted by atomic mass is 16.5. The maximum Gasteiger partial charge on any atom is 0.224 e. The van der Waals surface area contributed by atoms with Gasteiger partial charge < -0.3 is 20.5 Å². The zero-order valence-electron chi connectivity index (χ0n) is 13.7. The van der Waals surface area contributed by atoms with E-state index in [9.17, 15) is 14.7 Å². The van der Waals surface area contributed by atoms with Gasteiger partial charge in [0.25, 0.3) is 0 Å². The van der Waals surface area contributed by atoms with Crippen molar-refractivity contribution in [2.24, 2.45) is 0 Å². The van der Waals surface area contributed by atoms with E-state index in [1.807, 2.05) is 24.3 Å². The number of carbonyl (C=O) groups is 2. The molecule has 3 atom stereocenters. The largest absolute Gasteiger partial charge is 0.392 e. The van der Waals surface area contributed by atoms with E-state index in [4.69, 9.17) is 4.74 Å². The van der Waals surface area contributed by atoms with Crippen LogP contribution in [0.3, 0.4) is 0 Å². The number of nitrogens with one attached hydrogen (secondary N) is 2. The second kappa shape index (κ2) is 7.77. The second-order valence-electron chi connectivity index (χ2n) is 6.46. The Morgan fingerprint density at radius 2 is 2.08 bits per heavy atom. The lowest BCUT2D eigenvalue weighted by atomic mass is 9.92. The molecule has 2 fully saturated rings. The highest BCUT2D eigenvalue weighted by Crippen LogP contribution is 2.22. The number of carbonyl (C=O) groups excluding carboxylic acids is 2. The van der Waals surface area contributed by atoms with E-state index < -0.39 is 0 Å². The van der Waals surface area contributed by atoms with Gasteiger partial charge in [0, 0.05) is 13.0 Å². The molecule has 0 spiro atoms. The fourth-order valence-corrected chi connectivity index (χ4v) is 3.54. The van der Waals surface area contributed by atoms with E-state index in [0.717, 1.165) is 24.0 Å². The number of benzene rings is 1. The van der Waals surface area contributed by atoms with Crippen molar-refractivity contribution in [1.82, 2.24) is 10.6 Å². The fourth-order valence-electron chi connectivity index (χ4n) is 3.54. The Morgan fingerprint density at radius 1 is 1.29 bits per heavy atom. The Labute approximate surface area is 141 Å². The molecule has 0 aliphatic carbocycles. The molecule has 2 saturated heterocycles. The third-order valence-corrected chi connectivity index (χ3v) is 4.80. The molecule has 3 rings (SSSR count). The van der Waals surface area contributed by atoms with E-state index in [1.165, 1.54) is 0 Å². The van der Waals surface area contributed by atoms with Crippen molar-refractivity contribution in [3.63, 3.8) is 0 Å². The summed E-state index contributed by atoms with van der Waals surface area (Å²) in [4.78, 5) is 24.2. The molecular formula is C18H24N2O4. The summed E-state index contributed by atoms with van der Waals surface area (Å²) in [6.45, 7) is 0.628. The van der Waals surface area contributed by atoms with Crippen LogP contribution in [0.25, 0.3) is 0 Å². The molecule has 0 aromatic heterocycles. The lowest BCUT2D eigenvalue weighted by Gasteiger charge is -2.36. The quantitative estimate of drug-likeness (QED) is 0.739. The Hall–Kier alpha value is -1.92. The number of rotatable bonds is 5. The zero-order valence-corrected chi connectivity index (χ0v) is 13.7. The van der Waals surface area contributed by atoms with Crippen LogP contribution >= 0.6 is 0 Å². The summed E-state index contributed by atoms with van der Waals surface area (Å²) in [6.07, 6.45) is 3.14. The Balaban J connectivity index is 1.64. The molecule has 1 aromatic carbocycles. The zero-order chi connectivity index (χ0) is 16.9. The summed E-state index contributed by atoms with van der Waals surface area (Å²) in [5.41, 5.74) is 1.59. The lowest BCUT2D eigenvalue weighted by Crippen LogP contribution is -2.60. The first-order chi connectivity index (χ1) is 11.7. The minimum atomic E-state index is -0.161. The van der Waals surface area contributed by atoms with E-state index in [1.54, 1.807) is 0 Å². The van der Waals surface area contributed by atoms with Crippen LogP contribution in [0, 0.1) is 0 Å². The summed E-state index contributed by atoms with van der Waals surface area (Å²) in [7, 11) is 0. The van der Waals surface area contributed by atoms with E-state index >= 15 is 0 Å². The van der Waals surface area contributed by atoms with E-state index in [0.29, 0.717) is 19.4 Å². The van der Waals surface area contributed by atoms with Gasteiger partial charge in [0.15, 0.2) is 0 Å². The van der Waals surface area contributed by atoms with Crippen LogP contribution in [0.1, 0.15) is 36.8 Å². The van der Waals surface area contributed by atoms with Crippen molar-refractivity contribution in [1.29, 1.82) is 0 Å². The number of aliphatic hydroxyl groups is 1. The lowest BCUT2D eigenvalue weighted by molar-refractivity contribution is -0.128. The third-order valence-electron chi connectivity index (χ3n) is 4.80. The van der Waals surface area contributed by atoms with Gasteiger partial charge in [-0.05, 0) is 30.4 Å². The highest BCUT2D eigenvalue weighted by Gasteiger charge is 2.37. The van der Waals surface area contributed by atoms with Gasteiger partial charge in [0.2, 0.25) is 11.8 Å². The van der Waals surface area contributed by atoms with Crippen LogP contribution in [-0.4, -0.2) is 41.7 Å². The Kier molecular flexibility index (Phi) is 5.48. The molecule has 0 radical (unpaired) electrons. The molecule has 3 N–H and O–H groups in total. The van der Waals surface area contributed by atoms with E-state index in [-0.39, 0.29) is 43.0 Å². The molecule has 2 aliphatic rings. The molecule has 1 unspecified atom stereocenters. The Morgan fingerprint density at radius 3 is 2.79 bits per heavy atom. The average Bonchev–Trinajstić information content (AvgIpc) is 3.11. The number of amides is 2. The predicted octanol–water partition coefficient (Wildman–Crippen LogP) is 0.664. The molecule has 2 aliphatic heterocycles. The van der Waals surface area contributed by atoms with Crippen molar-refractivity contribution >= 4 is 11.8 Å². The van der Waals surface area contributed by atoms with Crippen molar-refractivity contribution in [3.05, 3.63) is 35.4 Å². The van der Waals surface area contributed by atoms with Crippen LogP contribution in [0.4, 0.5) is 0 Å². The minimum Gasteiger partial charge on any atom is -0.392 e. The number of hydrogen-bond donors (Lipinski definition) is 3. The van der Waals surface area contributed by atoms with Crippen molar-refractivity contribution in [2.75, 3.05) is 6.61 Å². The topological polar surface area (TPSA) is 87.7 Å². The molecule has 2 amide bonds. The van der Waals surface area contributed by atoms with Crippen LogP contribution in [0.15, 0.2) is 24.3 Å². The number of hydrogen-bond acceptors (Lipinski definition) is 4. The summed E-state index contributed by atoms with van der Waals surface area (Å²) in [5, 5.41) is 15.4. The molecule has 2 heterocycles. The van der Waals surface area contributed by atoms with Crippen molar-refractivity contribution in [3.8, 4) is 0 Å². The van der Waals surface area contributed by atoms with Gasteiger partial charge in [0.1, 0.15) is 0 Å². The molecule has 1 aromatic rings. The van der Waals surface area contributed by atoms with Crippen LogP contribution in [-0.2, 0) is 27.4 Å². The van der Waals surface area contributed by atoms with Crippen molar-refractivity contribution in [2.45, 2.75) is 56.9 Å². The maximum atomic E-state index is 12.4. The summed E-state index contributed by atoms with van der Waals surface area (Å²) in [5.74, 6) is -0.0772. The summed E-state index contributed by atoms with van der Waals surface area (Å²) in [6, 6.07) is 7.10. The fraction of sp³-hybridized carbons (Fsp3) is 0.556. The minimum absolute atomic E-state index is 0.0200. The van der Waals surface area contributed by atoms with Gasteiger partial charge in [-0.1, -0.05) is 24.3 Å². The molecular weight excluding hydrogens is 308 g/mol. The van der Waals surface area contributed by atoms with Gasteiger partial charge >= 0.3 is 0 Å². The number of piperidine rings is 1. The first kappa shape index (κ1) is 16.9. The molecule has 6 heteroatoms. The molecule has 130 valence electrons. The van der Waals surface area contributed by atoms with Crippen LogP contribution < -0.4 is 10.6 Å². The number of aliphatic hydroxyl groups excluding tert-OH is 1. The standard InChI is InChI=1S/C18H24N2O4/c21-11-13-5-2-1-4-12(13)10-17(23)19-14-7-8-16(22)20-18(14)15-6-3-9-24-15/h1-2,4-5,14-15,18,21H,3,6-11H2,(H,19,23)(H,20,22)/t14-,15?,18-/m0/s1. The van der Waals surface area contributed by atoms with Crippen LogP contribution in [0.2, 0.25) is 0 Å². The van der Waals surface area contributed by atoms with E-state index in [2.05, 4.69) is 10.6 Å². The van der Waals surface area contributed by atoms with Gasteiger partial charge in [-0.2, -0.15) is 0 Å². The predicted molar refractivity (Wildman–Crippen MR) is 88.1 cm³/mol. The second-order valence-corrected chi connectivity index (χ2v) is 6.46. The van der Waals surface area contributed by atoms with Gasteiger partial charge in [-0.3, -0.25) is 9.59 Å². The molecule has 6 nitrogen and oxygen atoms in total. The maximum absolute atomic E-state index is 12.4. The first-order valence-electron chi connectivity index (χ1n) is 8.55.